The minimum absolute atomic E-state index is 0.561. The van der Waals surface area contributed by atoms with E-state index in [1.54, 1.807) is 0 Å². The van der Waals surface area contributed by atoms with Gasteiger partial charge in [0.05, 0.1) is 6.20 Å². The summed E-state index contributed by atoms with van der Waals surface area (Å²) in [7, 11) is 0. The molecule has 0 aliphatic heterocycles. The highest BCUT2D eigenvalue weighted by Crippen LogP contribution is 2.42. The van der Waals surface area contributed by atoms with Crippen LogP contribution in [0.3, 0.4) is 0 Å². The fourth-order valence-electron chi connectivity index (χ4n) is 3.46. The fourth-order valence-corrected chi connectivity index (χ4v) is 3.46. The number of aryl methyl sites for hydroxylation is 1. The van der Waals surface area contributed by atoms with Gasteiger partial charge in [-0.1, -0.05) is 26.7 Å². The second kappa shape index (κ2) is 5.87. The van der Waals surface area contributed by atoms with Gasteiger partial charge in [-0.15, -0.1) is 0 Å². The molecular weight excluding hydrogens is 222 g/mol. The van der Waals surface area contributed by atoms with E-state index in [9.17, 15) is 0 Å². The molecule has 102 valence electrons. The van der Waals surface area contributed by atoms with E-state index < -0.39 is 0 Å². The van der Waals surface area contributed by atoms with Gasteiger partial charge >= 0.3 is 0 Å². The molecule has 0 unspecified atom stereocenters. The maximum Gasteiger partial charge on any atom is 0.0535 e. The Morgan fingerprint density at radius 1 is 1.39 bits per heavy atom. The summed E-state index contributed by atoms with van der Waals surface area (Å²) in [5.41, 5.74) is 3.05. The van der Waals surface area contributed by atoms with Crippen LogP contribution in [0.5, 0.6) is 0 Å². The number of H-pyrrole nitrogens is 1. The van der Waals surface area contributed by atoms with E-state index in [-0.39, 0.29) is 0 Å². The highest BCUT2D eigenvalue weighted by Gasteiger charge is 2.33. The Kier molecular flexibility index (Phi) is 4.44. The number of aromatic nitrogens is 2. The van der Waals surface area contributed by atoms with Gasteiger partial charge in [-0.2, -0.15) is 5.10 Å². The molecule has 2 rings (SSSR count). The van der Waals surface area contributed by atoms with Gasteiger partial charge < -0.3 is 5.32 Å². The van der Waals surface area contributed by atoms with Crippen molar-refractivity contribution in [2.45, 2.75) is 59.4 Å². The number of nitrogens with one attached hydrogen (secondary N) is 2. The van der Waals surface area contributed by atoms with Crippen molar-refractivity contribution in [3.8, 4) is 0 Å². The van der Waals surface area contributed by atoms with Gasteiger partial charge in [0.1, 0.15) is 0 Å². The third kappa shape index (κ3) is 3.35. The number of rotatable bonds is 6. The average molecular weight is 249 g/mol. The molecule has 0 atom stereocenters. The molecule has 2 N–H and O–H groups in total. The van der Waals surface area contributed by atoms with Gasteiger partial charge in [0.25, 0.3) is 0 Å². The van der Waals surface area contributed by atoms with E-state index in [1.807, 2.05) is 6.20 Å². The SMILES string of the molecule is Cc1[nH]ncc1CNCC1(CC(C)C)CCCC1. The summed E-state index contributed by atoms with van der Waals surface area (Å²) in [5.74, 6) is 0.806. The Morgan fingerprint density at radius 3 is 2.67 bits per heavy atom. The minimum atomic E-state index is 0.561. The largest absolute Gasteiger partial charge is 0.312 e. The zero-order chi connectivity index (χ0) is 13.0. The molecule has 3 nitrogen and oxygen atoms in total. The maximum atomic E-state index is 4.07. The van der Waals surface area contributed by atoms with Crippen molar-refractivity contribution in [1.82, 2.24) is 15.5 Å². The molecule has 0 radical (unpaired) electrons. The summed E-state index contributed by atoms with van der Waals surface area (Å²) in [4.78, 5) is 0. The molecule has 1 heterocycles. The van der Waals surface area contributed by atoms with Gasteiger partial charge in [-0.25, -0.2) is 0 Å². The summed E-state index contributed by atoms with van der Waals surface area (Å²) in [6.07, 6.45) is 8.94. The first-order chi connectivity index (χ1) is 8.61. The maximum absolute atomic E-state index is 4.07. The Bertz CT molecular complexity index is 362. The molecule has 0 spiro atoms. The highest BCUT2D eigenvalue weighted by atomic mass is 15.1. The first-order valence-electron chi connectivity index (χ1n) is 7.31. The lowest BCUT2D eigenvalue weighted by atomic mass is 9.78. The third-order valence-corrected chi connectivity index (χ3v) is 4.26. The van der Waals surface area contributed by atoms with E-state index >= 15 is 0 Å². The molecule has 3 heteroatoms. The van der Waals surface area contributed by atoms with Crippen LogP contribution in [0.25, 0.3) is 0 Å². The zero-order valence-corrected chi connectivity index (χ0v) is 12.1. The summed E-state index contributed by atoms with van der Waals surface area (Å²) >= 11 is 0. The second-order valence-corrected chi connectivity index (χ2v) is 6.43. The summed E-state index contributed by atoms with van der Waals surface area (Å²) in [5, 5.41) is 10.7. The van der Waals surface area contributed by atoms with E-state index in [0.29, 0.717) is 5.41 Å². The van der Waals surface area contributed by atoms with Crippen LogP contribution >= 0.6 is 0 Å². The van der Waals surface area contributed by atoms with Crippen molar-refractivity contribution in [3.05, 3.63) is 17.5 Å². The third-order valence-electron chi connectivity index (χ3n) is 4.26. The topological polar surface area (TPSA) is 40.7 Å². The number of aromatic amines is 1. The smallest absolute Gasteiger partial charge is 0.0535 e. The zero-order valence-electron chi connectivity index (χ0n) is 12.1. The summed E-state index contributed by atoms with van der Waals surface area (Å²) in [6.45, 7) is 8.89. The van der Waals surface area contributed by atoms with Crippen molar-refractivity contribution >= 4 is 0 Å². The first-order valence-corrected chi connectivity index (χ1v) is 7.31. The highest BCUT2D eigenvalue weighted by molar-refractivity contribution is 5.13. The fraction of sp³-hybridized carbons (Fsp3) is 0.800. The second-order valence-electron chi connectivity index (χ2n) is 6.43. The standard InChI is InChI=1S/C15H27N3/c1-12(2)8-15(6-4-5-7-15)11-16-9-14-10-17-18-13(14)3/h10,12,16H,4-9,11H2,1-3H3,(H,17,18). The molecule has 0 saturated heterocycles. The molecule has 1 saturated carbocycles. The Morgan fingerprint density at radius 2 is 2.11 bits per heavy atom. The quantitative estimate of drug-likeness (QED) is 0.811. The van der Waals surface area contributed by atoms with Crippen molar-refractivity contribution in [1.29, 1.82) is 0 Å². The number of nitrogens with zero attached hydrogens (tertiary/aromatic N) is 1. The Labute approximate surface area is 111 Å². The molecular formula is C15H27N3. The van der Waals surface area contributed by atoms with Crippen LogP contribution in [0.15, 0.2) is 6.20 Å². The molecule has 1 aromatic rings. The number of hydrogen-bond donors (Lipinski definition) is 2. The predicted molar refractivity (Wildman–Crippen MR) is 75.4 cm³/mol. The lowest BCUT2D eigenvalue weighted by Gasteiger charge is -2.31. The van der Waals surface area contributed by atoms with Crippen molar-refractivity contribution in [2.24, 2.45) is 11.3 Å². The van der Waals surface area contributed by atoms with E-state index in [0.717, 1.165) is 19.0 Å². The Hall–Kier alpha value is -0.830. The normalized spacial score (nSPS) is 18.7. The van der Waals surface area contributed by atoms with Crippen LogP contribution < -0.4 is 5.32 Å². The van der Waals surface area contributed by atoms with Crippen LogP contribution in [-0.4, -0.2) is 16.7 Å². The molecule has 18 heavy (non-hydrogen) atoms. The van der Waals surface area contributed by atoms with E-state index in [4.69, 9.17) is 0 Å². The van der Waals surface area contributed by atoms with Crippen LogP contribution in [0.4, 0.5) is 0 Å². The van der Waals surface area contributed by atoms with Gasteiger partial charge in [0, 0.05) is 24.3 Å². The summed E-state index contributed by atoms with van der Waals surface area (Å²) in [6, 6.07) is 0. The molecule has 0 amide bonds. The first kappa shape index (κ1) is 13.6. The lowest BCUT2D eigenvalue weighted by molar-refractivity contribution is 0.223. The van der Waals surface area contributed by atoms with Crippen LogP contribution in [-0.2, 0) is 6.54 Å². The van der Waals surface area contributed by atoms with Gasteiger partial charge in [0.15, 0.2) is 0 Å². The molecule has 1 fully saturated rings. The lowest BCUT2D eigenvalue weighted by Crippen LogP contribution is -2.33. The Balaban J connectivity index is 1.85. The van der Waals surface area contributed by atoms with Gasteiger partial charge in [-0.3, -0.25) is 5.10 Å². The molecule has 1 aromatic heterocycles. The van der Waals surface area contributed by atoms with E-state index in [1.165, 1.54) is 43.4 Å². The van der Waals surface area contributed by atoms with Crippen LogP contribution in [0.1, 0.15) is 57.2 Å². The van der Waals surface area contributed by atoms with Gasteiger partial charge in [-0.05, 0) is 37.5 Å². The van der Waals surface area contributed by atoms with Gasteiger partial charge in [0.2, 0.25) is 0 Å². The molecule has 1 aliphatic carbocycles. The predicted octanol–water partition coefficient (Wildman–Crippen LogP) is 3.41. The molecule has 1 aliphatic rings. The number of hydrogen-bond acceptors (Lipinski definition) is 2. The van der Waals surface area contributed by atoms with Crippen LogP contribution in [0.2, 0.25) is 0 Å². The van der Waals surface area contributed by atoms with Crippen molar-refractivity contribution < 1.29 is 0 Å². The molecule has 0 aromatic carbocycles. The van der Waals surface area contributed by atoms with Crippen molar-refractivity contribution in [2.75, 3.05) is 6.54 Å². The molecule has 0 bridgehead atoms. The average Bonchev–Trinajstić information content (AvgIpc) is 2.89. The van der Waals surface area contributed by atoms with Crippen molar-refractivity contribution in [3.63, 3.8) is 0 Å². The van der Waals surface area contributed by atoms with E-state index in [2.05, 4.69) is 36.3 Å². The monoisotopic (exact) mass is 249 g/mol. The summed E-state index contributed by atoms with van der Waals surface area (Å²) < 4.78 is 0. The minimum Gasteiger partial charge on any atom is -0.312 e. The van der Waals surface area contributed by atoms with Crippen LogP contribution in [0, 0.1) is 18.3 Å².